The van der Waals surface area contributed by atoms with E-state index in [1.54, 1.807) is 36.4 Å². The highest BCUT2D eigenvalue weighted by atomic mass is 32.2. The summed E-state index contributed by atoms with van der Waals surface area (Å²) in [5.74, 6) is -1.13. The number of rotatable bonds is 14. The molecule has 248 valence electrons. The van der Waals surface area contributed by atoms with Crippen LogP contribution in [0.4, 0.5) is 10.1 Å². The molecule has 0 fully saturated rings. The van der Waals surface area contributed by atoms with E-state index in [-0.39, 0.29) is 35.7 Å². The van der Waals surface area contributed by atoms with Crippen molar-refractivity contribution >= 4 is 27.5 Å². The Bertz CT molecular complexity index is 1730. The highest BCUT2D eigenvalue weighted by Crippen LogP contribution is 2.27. The molecule has 7 nitrogen and oxygen atoms in total. The van der Waals surface area contributed by atoms with E-state index in [9.17, 15) is 22.4 Å². The quantitative estimate of drug-likeness (QED) is 0.158. The normalized spacial score (nSPS) is 12.7. The minimum absolute atomic E-state index is 0.0325. The SMILES string of the molecule is CCC(C)NC(=O)C(Cc1ccccc1)N(Cc1ccc(F)cc1)C(=O)CN(c1ccc(C(C)C)cc1)S(=O)(=O)c1ccc(C)cc1. The number of sulfonamides is 1. The maximum Gasteiger partial charge on any atom is 0.264 e. The number of amides is 2. The second-order valence-corrected chi connectivity index (χ2v) is 14.1. The first kappa shape index (κ1) is 35.4. The number of nitrogens with one attached hydrogen (secondary N) is 1. The van der Waals surface area contributed by atoms with Crippen molar-refractivity contribution in [3.05, 3.63) is 131 Å². The first-order valence-corrected chi connectivity index (χ1v) is 17.4. The Labute approximate surface area is 278 Å². The lowest BCUT2D eigenvalue weighted by molar-refractivity contribution is -0.140. The fourth-order valence-electron chi connectivity index (χ4n) is 5.17. The molecule has 4 aromatic rings. The van der Waals surface area contributed by atoms with Gasteiger partial charge >= 0.3 is 0 Å². The van der Waals surface area contributed by atoms with Gasteiger partial charge in [-0.3, -0.25) is 13.9 Å². The fourth-order valence-corrected chi connectivity index (χ4v) is 6.59. The maximum absolute atomic E-state index is 14.6. The number of nitrogens with zero attached hydrogens (tertiary/aromatic N) is 2. The van der Waals surface area contributed by atoms with Crippen molar-refractivity contribution in [3.63, 3.8) is 0 Å². The zero-order chi connectivity index (χ0) is 34.1. The van der Waals surface area contributed by atoms with Gasteiger partial charge in [0.1, 0.15) is 18.4 Å². The Morgan fingerprint density at radius 3 is 2.00 bits per heavy atom. The van der Waals surface area contributed by atoms with Crippen LogP contribution in [0.5, 0.6) is 0 Å². The maximum atomic E-state index is 14.6. The molecule has 2 unspecified atom stereocenters. The topological polar surface area (TPSA) is 86.8 Å². The number of aryl methyl sites for hydroxylation is 1. The Morgan fingerprint density at radius 1 is 0.809 bits per heavy atom. The Hall–Kier alpha value is -4.50. The number of hydrogen-bond donors (Lipinski definition) is 1. The second kappa shape index (κ2) is 15.9. The van der Waals surface area contributed by atoms with Gasteiger partial charge in [-0.2, -0.15) is 0 Å². The number of carbonyl (C=O) groups is 2. The average molecular weight is 658 g/mol. The van der Waals surface area contributed by atoms with Crippen LogP contribution in [0, 0.1) is 12.7 Å². The van der Waals surface area contributed by atoms with E-state index in [4.69, 9.17) is 0 Å². The van der Waals surface area contributed by atoms with Crippen LogP contribution in [0.3, 0.4) is 0 Å². The summed E-state index contributed by atoms with van der Waals surface area (Å²) in [7, 11) is -4.20. The minimum Gasteiger partial charge on any atom is -0.352 e. The highest BCUT2D eigenvalue weighted by Gasteiger charge is 2.35. The van der Waals surface area contributed by atoms with Gasteiger partial charge in [0.25, 0.3) is 10.0 Å². The van der Waals surface area contributed by atoms with E-state index < -0.39 is 34.3 Å². The smallest absolute Gasteiger partial charge is 0.264 e. The minimum atomic E-state index is -4.20. The van der Waals surface area contributed by atoms with Crippen LogP contribution in [0.2, 0.25) is 0 Å². The Balaban J connectivity index is 1.81. The molecule has 0 spiro atoms. The summed E-state index contributed by atoms with van der Waals surface area (Å²) in [6.45, 7) is 9.22. The molecule has 1 N–H and O–H groups in total. The molecule has 0 radical (unpaired) electrons. The molecule has 0 aliphatic rings. The molecule has 2 amide bonds. The molecule has 0 aromatic heterocycles. The molecule has 47 heavy (non-hydrogen) atoms. The van der Waals surface area contributed by atoms with E-state index in [1.807, 2.05) is 77.1 Å². The van der Waals surface area contributed by atoms with E-state index >= 15 is 0 Å². The Morgan fingerprint density at radius 2 is 1.43 bits per heavy atom. The Kier molecular flexibility index (Phi) is 11.9. The predicted octanol–water partition coefficient (Wildman–Crippen LogP) is 7.01. The largest absolute Gasteiger partial charge is 0.352 e. The van der Waals surface area contributed by atoms with Crippen molar-refractivity contribution in [2.24, 2.45) is 0 Å². The fraction of sp³-hybridized carbons (Fsp3) is 0.316. The van der Waals surface area contributed by atoms with Gasteiger partial charge in [0, 0.05) is 19.0 Å². The zero-order valence-electron chi connectivity index (χ0n) is 27.7. The van der Waals surface area contributed by atoms with Crippen molar-refractivity contribution in [1.29, 1.82) is 0 Å². The summed E-state index contributed by atoms with van der Waals surface area (Å²) in [6.07, 6.45) is 0.883. The summed E-state index contributed by atoms with van der Waals surface area (Å²) in [4.78, 5) is 29.9. The molecule has 0 aliphatic heterocycles. The molecule has 0 saturated carbocycles. The first-order chi connectivity index (χ1) is 22.4. The molecule has 0 saturated heterocycles. The van der Waals surface area contributed by atoms with Crippen LogP contribution in [0.1, 0.15) is 62.3 Å². The summed E-state index contributed by atoms with van der Waals surface area (Å²) >= 11 is 0. The summed E-state index contributed by atoms with van der Waals surface area (Å²) in [6, 6.07) is 27.6. The number of benzene rings is 4. The van der Waals surface area contributed by atoms with Crippen LogP contribution in [-0.2, 0) is 32.6 Å². The third kappa shape index (κ3) is 9.29. The van der Waals surface area contributed by atoms with Crippen molar-refractivity contribution in [3.8, 4) is 0 Å². The van der Waals surface area contributed by atoms with E-state index in [0.717, 1.165) is 21.0 Å². The van der Waals surface area contributed by atoms with E-state index in [1.165, 1.54) is 29.2 Å². The van der Waals surface area contributed by atoms with Crippen molar-refractivity contribution < 1.29 is 22.4 Å². The molecular formula is C38H44FN3O4S. The lowest BCUT2D eigenvalue weighted by Crippen LogP contribution is -2.54. The van der Waals surface area contributed by atoms with Gasteiger partial charge in [0.05, 0.1) is 10.6 Å². The molecule has 2 atom stereocenters. The molecule has 0 aliphatic carbocycles. The molecule has 4 rings (SSSR count). The molecule has 0 heterocycles. The third-order valence-electron chi connectivity index (χ3n) is 8.27. The first-order valence-electron chi connectivity index (χ1n) is 16.0. The number of anilines is 1. The monoisotopic (exact) mass is 657 g/mol. The number of carbonyl (C=O) groups excluding carboxylic acids is 2. The third-order valence-corrected chi connectivity index (χ3v) is 10.1. The van der Waals surface area contributed by atoms with Gasteiger partial charge < -0.3 is 10.2 Å². The van der Waals surface area contributed by atoms with Crippen LogP contribution < -0.4 is 9.62 Å². The molecular weight excluding hydrogens is 614 g/mol. The van der Waals surface area contributed by atoms with E-state index in [2.05, 4.69) is 5.32 Å². The van der Waals surface area contributed by atoms with Crippen LogP contribution in [0.25, 0.3) is 0 Å². The standard InChI is InChI=1S/C38H44FN3O4S/c1-6-29(5)40-38(44)36(24-30-10-8-7-9-11-30)41(25-31-14-18-33(39)19-15-31)37(43)26-42(34-20-16-32(17-21-34)27(2)3)47(45,46)35-22-12-28(4)13-23-35/h7-23,27,29,36H,6,24-26H2,1-5H3,(H,40,44). The second-order valence-electron chi connectivity index (χ2n) is 12.2. The number of hydrogen-bond acceptors (Lipinski definition) is 4. The van der Waals surface area contributed by atoms with Gasteiger partial charge in [-0.05, 0) is 79.3 Å². The summed E-state index contributed by atoms with van der Waals surface area (Å²) in [5.41, 5.74) is 3.68. The van der Waals surface area contributed by atoms with Crippen LogP contribution in [0.15, 0.2) is 108 Å². The van der Waals surface area contributed by atoms with Crippen LogP contribution >= 0.6 is 0 Å². The molecule has 0 bridgehead atoms. The average Bonchev–Trinajstić information content (AvgIpc) is 3.06. The lowest BCUT2D eigenvalue weighted by atomic mass is 10.0. The van der Waals surface area contributed by atoms with E-state index in [0.29, 0.717) is 17.7 Å². The number of halogens is 1. The van der Waals surface area contributed by atoms with Gasteiger partial charge in [-0.25, -0.2) is 12.8 Å². The predicted molar refractivity (Wildman–Crippen MR) is 185 cm³/mol. The molecule has 9 heteroatoms. The highest BCUT2D eigenvalue weighted by molar-refractivity contribution is 7.92. The van der Waals surface area contributed by atoms with Crippen molar-refractivity contribution in [2.45, 2.75) is 76.9 Å². The molecule has 4 aromatic carbocycles. The van der Waals surface area contributed by atoms with Gasteiger partial charge in [0.2, 0.25) is 11.8 Å². The van der Waals surface area contributed by atoms with Crippen molar-refractivity contribution in [2.75, 3.05) is 10.8 Å². The summed E-state index contributed by atoms with van der Waals surface area (Å²) in [5, 5.41) is 3.02. The summed E-state index contributed by atoms with van der Waals surface area (Å²) < 4.78 is 43.4. The van der Waals surface area contributed by atoms with Crippen LogP contribution in [-0.4, -0.2) is 43.8 Å². The van der Waals surface area contributed by atoms with Gasteiger partial charge in [0.15, 0.2) is 0 Å². The van der Waals surface area contributed by atoms with Crippen molar-refractivity contribution in [1.82, 2.24) is 10.2 Å². The van der Waals surface area contributed by atoms with Gasteiger partial charge in [-0.15, -0.1) is 0 Å². The lowest BCUT2D eigenvalue weighted by Gasteiger charge is -2.34. The van der Waals surface area contributed by atoms with Gasteiger partial charge in [-0.1, -0.05) is 93.1 Å². The zero-order valence-corrected chi connectivity index (χ0v) is 28.5.